The zero-order chi connectivity index (χ0) is 16.2. The minimum Gasteiger partial charge on any atom is -0.388 e. The number of anilines is 1. The average molecular weight is 305 g/mol. The molecule has 116 valence electrons. The first kappa shape index (κ1) is 16.1. The lowest BCUT2D eigenvalue weighted by Crippen LogP contribution is -2.09. The van der Waals surface area contributed by atoms with Crippen molar-refractivity contribution in [3.63, 3.8) is 0 Å². The van der Waals surface area contributed by atoms with Crippen LogP contribution in [0, 0.1) is 0 Å². The van der Waals surface area contributed by atoms with Gasteiger partial charge in [0.15, 0.2) is 0 Å². The van der Waals surface area contributed by atoms with Crippen LogP contribution >= 0.6 is 0 Å². The molecule has 0 atom stereocenters. The quantitative estimate of drug-likeness (QED) is 0.737. The lowest BCUT2D eigenvalue weighted by Gasteiger charge is -2.14. The third-order valence-electron chi connectivity index (χ3n) is 3.55. The van der Waals surface area contributed by atoms with Gasteiger partial charge < -0.3 is 5.32 Å². The minimum atomic E-state index is -4.38. The van der Waals surface area contributed by atoms with Crippen LogP contribution < -0.4 is 5.32 Å². The van der Waals surface area contributed by atoms with Gasteiger partial charge in [-0.15, -0.1) is 0 Å². The summed E-state index contributed by atoms with van der Waals surface area (Å²) in [5, 5.41) is 2.82. The Morgan fingerprint density at radius 2 is 1.73 bits per heavy atom. The highest BCUT2D eigenvalue weighted by Crippen LogP contribution is 2.36. The zero-order valence-corrected chi connectivity index (χ0v) is 12.5. The molecule has 0 aliphatic heterocycles. The Labute approximate surface area is 128 Å². The van der Waals surface area contributed by atoms with Crippen LogP contribution in [0.15, 0.2) is 42.5 Å². The zero-order valence-electron chi connectivity index (χ0n) is 12.5. The van der Waals surface area contributed by atoms with E-state index in [-0.39, 0.29) is 5.56 Å². The fourth-order valence-electron chi connectivity index (χ4n) is 2.40. The standard InChI is InChI=1S/C18H18F3N/c1-3-13-7-4-5-8-14(13)11-12-15-16(18(19,20)21)9-6-10-17(15)22-2/h4-12,22H,3H2,1-2H3/b12-11+. The van der Waals surface area contributed by atoms with Gasteiger partial charge in [0.05, 0.1) is 5.56 Å². The van der Waals surface area contributed by atoms with E-state index in [4.69, 9.17) is 0 Å². The SMILES string of the molecule is CCc1ccccc1/C=C/c1c(NC)cccc1C(F)(F)F. The smallest absolute Gasteiger partial charge is 0.388 e. The summed E-state index contributed by atoms with van der Waals surface area (Å²) in [6, 6.07) is 11.9. The Balaban J connectivity index is 2.50. The molecule has 2 rings (SSSR count). The first-order chi connectivity index (χ1) is 10.5. The maximum atomic E-state index is 13.2. The van der Waals surface area contributed by atoms with E-state index in [0.29, 0.717) is 5.69 Å². The highest BCUT2D eigenvalue weighted by atomic mass is 19.4. The molecular weight excluding hydrogens is 287 g/mol. The van der Waals surface area contributed by atoms with Gasteiger partial charge in [0.2, 0.25) is 0 Å². The largest absolute Gasteiger partial charge is 0.417 e. The van der Waals surface area contributed by atoms with Crippen LogP contribution in [0.2, 0.25) is 0 Å². The van der Waals surface area contributed by atoms with E-state index in [2.05, 4.69) is 5.32 Å². The van der Waals surface area contributed by atoms with Gasteiger partial charge in [0.1, 0.15) is 0 Å². The molecule has 0 aliphatic rings. The van der Waals surface area contributed by atoms with Crippen LogP contribution in [-0.2, 0) is 12.6 Å². The van der Waals surface area contributed by atoms with Crippen molar-refractivity contribution in [3.8, 4) is 0 Å². The molecule has 1 N–H and O–H groups in total. The van der Waals surface area contributed by atoms with Gasteiger partial charge in [0.25, 0.3) is 0 Å². The van der Waals surface area contributed by atoms with Crippen molar-refractivity contribution >= 4 is 17.8 Å². The highest BCUT2D eigenvalue weighted by molar-refractivity contribution is 5.79. The molecule has 0 saturated heterocycles. The van der Waals surface area contributed by atoms with Crippen molar-refractivity contribution in [2.45, 2.75) is 19.5 Å². The molecule has 1 nitrogen and oxygen atoms in total. The summed E-state index contributed by atoms with van der Waals surface area (Å²) >= 11 is 0. The van der Waals surface area contributed by atoms with E-state index >= 15 is 0 Å². The summed E-state index contributed by atoms with van der Waals surface area (Å²) in [5.74, 6) is 0. The van der Waals surface area contributed by atoms with E-state index < -0.39 is 11.7 Å². The number of aryl methyl sites for hydroxylation is 1. The third kappa shape index (κ3) is 3.50. The van der Waals surface area contributed by atoms with Crippen molar-refractivity contribution in [1.82, 2.24) is 0 Å². The first-order valence-corrected chi connectivity index (χ1v) is 7.11. The van der Waals surface area contributed by atoms with E-state index in [0.717, 1.165) is 23.6 Å². The molecule has 0 radical (unpaired) electrons. The van der Waals surface area contributed by atoms with Crippen molar-refractivity contribution in [2.75, 3.05) is 12.4 Å². The number of hydrogen-bond donors (Lipinski definition) is 1. The van der Waals surface area contributed by atoms with Crippen LogP contribution in [0.4, 0.5) is 18.9 Å². The van der Waals surface area contributed by atoms with Gasteiger partial charge in [-0.1, -0.05) is 49.4 Å². The number of alkyl halides is 3. The monoisotopic (exact) mass is 305 g/mol. The Morgan fingerprint density at radius 3 is 2.36 bits per heavy atom. The maximum absolute atomic E-state index is 13.2. The Bertz CT molecular complexity index is 672. The van der Waals surface area contributed by atoms with Crippen molar-refractivity contribution < 1.29 is 13.2 Å². The number of nitrogens with one attached hydrogen (secondary N) is 1. The summed E-state index contributed by atoms with van der Waals surface area (Å²) in [5.41, 5.74) is 2.02. The van der Waals surface area contributed by atoms with Gasteiger partial charge in [0, 0.05) is 18.3 Å². The lowest BCUT2D eigenvalue weighted by molar-refractivity contribution is -0.137. The normalized spacial score (nSPS) is 11.9. The van der Waals surface area contributed by atoms with Crippen molar-refractivity contribution in [3.05, 3.63) is 64.7 Å². The maximum Gasteiger partial charge on any atom is 0.417 e. The molecule has 0 aromatic heterocycles. The number of benzene rings is 2. The molecule has 0 spiro atoms. The molecule has 0 unspecified atom stereocenters. The van der Waals surface area contributed by atoms with Crippen molar-refractivity contribution in [2.24, 2.45) is 0 Å². The molecule has 4 heteroatoms. The van der Waals surface area contributed by atoms with Crippen LogP contribution in [0.5, 0.6) is 0 Å². The van der Waals surface area contributed by atoms with Gasteiger partial charge in [-0.2, -0.15) is 13.2 Å². The van der Waals surface area contributed by atoms with Gasteiger partial charge in [-0.25, -0.2) is 0 Å². The van der Waals surface area contributed by atoms with E-state index in [1.165, 1.54) is 12.1 Å². The minimum absolute atomic E-state index is 0.156. The summed E-state index contributed by atoms with van der Waals surface area (Å²) in [6.45, 7) is 2.02. The van der Waals surface area contributed by atoms with Crippen LogP contribution in [-0.4, -0.2) is 7.05 Å². The van der Waals surface area contributed by atoms with Crippen LogP contribution in [0.1, 0.15) is 29.2 Å². The van der Waals surface area contributed by atoms with Gasteiger partial charge in [-0.3, -0.25) is 0 Å². The fourth-order valence-corrected chi connectivity index (χ4v) is 2.40. The molecule has 0 heterocycles. The van der Waals surface area contributed by atoms with Crippen molar-refractivity contribution in [1.29, 1.82) is 0 Å². The lowest BCUT2D eigenvalue weighted by atomic mass is 10.0. The fraction of sp³-hybridized carbons (Fsp3) is 0.222. The van der Waals surface area contributed by atoms with Crippen LogP contribution in [0.3, 0.4) is 0 Å². The highest BCUT2D eigenvalue weighted by Gasteiger charge is 2.33. The molecule has 2 aromatic rings. The molecule has 0 saturated carbocycles. The second kappa shape index (κ2) is 6.69. The second-order valence-corrected chi connectivity index (χ2v) is 4.90. The number of rotatable bonds is 4. The summed E-state index contributed by atoms with van der Waals surface area (Å²) in [6.07, 6.45) is -0.273. The van der Waals surface area contributed by atoms with E-state index in [1.807, 2.05) is 31.2 Å². The molecule has 0 aliphatic carbocycles. The molecule has 0 bridgehead atoms. The average Bonchev–Trinajstić information content (AvgIpc) is 2.51. The predicted octanol–water partition coefficient (Wildman–Crippen LogP) is 5.48. The predicted molar refractivity (Wildman–Crippen MR) is 85.7 cm³/mol. The van der Waals surface area contributed by atoms with Gasteiger partial charge in [-0.05, 0) is 29.7 Å². The number of hydrogen-bond acceptors (Lipinski definition) is 1. The Kier molecular flexibility index (Phi) is 4.91. The third-order valence-corrected chi connectivity index (χ3v) is 3.55. The molecule has 2 aromatic carbocycles. The Morgan fingerprint density at radius 1 is 1.00 bits per heavy atom. The number of halogens is 3. The molecule has 0 fully saturated rings. The first-order valence-electron chi connectivity index (χ1n) is 7.11. The molecule has 22 heavy (non-hydrogen) atoms. The second-order valence-electron chi connectivity index (χ2n) is 4.90. The Hall–Kier alpha value is -2.23. The summed E-state index contributed by atoms with van der Waals surface area (Å²) in [4.78, 5) is 0. The van der Waals surface area contributed by atoms with E-state index in [1.54, 1.807) is 19.2 Å². The molecular formula is C18H18F3N. The topological polar surface area (TPSA) is 12.0 Å². The molecule has 0 amide bonds. The summed E-state index contributed by atoms with van der Waals surface area (Å²) < 4.78 is 39.5. The van der Waals surface area contributed by atoms with Crippen LogP contribution in [0.25, 0.3) is 12.2 Å². The van der Waals surface area contributed by atoms with E-state index in [9.17, 15) is 13.2 Å². The summed E-state index contributed by atoms with van der Waals surface area (Å²) in [7, 11) is 1.62. The van der Waals surface area contributed by atoms with Gasteiger partial charge >= 0.3 is 6.18 Å².